The molecule has 10 heteroatoms. The van der Waals surface area contributed by atoms with Gasteiger partial charge in [-0.15, -0.1) is 0 Å². The van der Waals surface area contributed by atoms with Crippen LogP contribution >= 0.6 is 15.9 Å². The lowest BCUT2D eigenvalue weighted by Gasteiger charge is -2.42. The first-order valence-corrected chi connectivity index (χ1v) is 7.39. The largest absolute Gasteiger partial charge is 0.463 e. The van der Waals surface area contributed by atoms with Gasteiger partial charge in [0.15, 0.2) is 23.3 Å². The summed E-state index contributed by atoms with van der Waals surface area (Å²) in [6.45, 7) is -3.44. The summed E-state index contributed by atoms with van der Waals surface area (Å²) in [6, 6.07) is 0. The van der Waals surface area contributed by atoms with E-state index in [0.717, 1.165) is 0 Å². The summed E-state index contributed by atoms with van der Waals surface area (Å²) in [5.74, 6) is -3.90. The minimum Gasteiger partial charge on any atom is -0.463 e. The van der Waals surface area contributed by atoms with E-state index in [1.807, 2.05) is 0 Å². The van der Waals surface area contributed by atoms with Crippen LogP contribution in [0, 0.1) is 0 Å². The van der Waals surface area contributed by atoms with E-state index in [2.05, 4.69) is 15.9 Å². The van der Waals surface area contributed by atoms with Crippen LogP contribution < -0.4 is 0 Å². The molecule has 1 saturated heterocycles. The highest BCUT2D eigenvalue weighted by Crippen LogP contribution is 2.31. The van der Waals surface area contributed by atoms with Gasteiger partial charge in [0.2, 0.25) is 0 Å². The number of ether oxygens (including phenoxy) is 5. The standard InChI is InChI=1S/C14H19BrO9/c1-6(16)20-5-10-11(21-7(2)17)12(22-8(3)18)13(14(15)24-10)23-9(4)19/h10-14H,5H2,1-4H3/t10-,11-,12+,13-,14?/m1/s1/i1D,2D,3D,4D. The summed E-state index contributed by atoms with van der Waals surface area (Å²) in [5.41, 5.74) is 0. The molecule has 0 aliphatic carbocycles. The number of rotatable bonds is 5. The van der Waals surface area contributed by atoms with Crippen molar-refractivity contribution in [2.75, 3.05) is 6.61 Å². The van der Waals surface area contributed by atoms with Gasteiger partial charge in [-0.1, -0.05) is 15.9 Å². The quantitative estimate of drug-likeness (QED) is 0.359. The molecule has 0 aromatic carbocycles. The Balaban J connectivity index is 3.17. The van der Waals surface area contributed by atoms with E-state index in [0.29, 0.717) is 0 Å². The van der Waals surface area contributed by atoms with Crippen LogP contribution in [0.4, 0.5) is 0 Å². The van der Waals surface area contributed by atoms with Gasteiger partial charge in [0, 0.05) is 33.1 Å². The molecule has 1 aliphatic rings. The second kappa shape index (κ2) is 8.97. The van der Waals surface area contributed by atoms with Crippen LogP contribution in [-0.4, -0.2) is 59.9 Å². The van der Waals surface area contributed by atoms with E-state index in [1.54, 1.807) is 0 Å². The number of hydrogen-bond acceptors (Lipinski definition) is 9. The van der Waals surface area contributed by atoms with E-state index in [9.17, 15) is 19.2 Å². The van der Waals surface area contributed by atoms with Crippen molar-refractivity contribution < 1.29 is 48.3 Å². The molecule has 0 aromatic heterocycles. The number of alkyl halides is 1. The van der Waals surface area contributed by atoms with Crippen LogP contribution in [0.1, 0.15) is 33.1 Å². The fourth-order valence-corrected chi connectivity index (χ4v) is 2.72. The molecule has 0 bridgehead atoms. The summed E-state index contributed by atoms with van der Waals surface area (Å²) >= 11 is 3.09. The maximum Gasteiger partial charge on any atom is 0.303 e. The van der Waals surface area contributed by atoms with Crippen molar-refractivity contribution in [3.8, 4) is 0 Å². The molecule has 0 aromatic rings. The van der Waals surface area contributed by atoms with Gasteiger partial charge in [0.25, 0.3) is 0 Å². The SMILES string of the molecule is [2H]CC(=O)OC[C@H]1OC(Br)[C@H](OC(=O)C[2H])[C@@H](OC(=O)C[2H])[C@@H]1OC(=O)C[2H]. The van der Waals surface area contributed by atoms with Gasteiger partial charge in [-0.3, -0.25) is 19.2 Å². The lowest BCUT2D eigenvalue weighted by atomic mass is 9.99. The van der Waals surface area contributed by atoms with E-state index >= 15 is 0 Å². The highest BCUT2D eigenvalue weighted by Gasteiger charge is 2.51. The van der Waals surface area contributed by atoms with Crippen molar-refractivity contribution in [2.24, 2.45) is 0 Å². The molecule has 24 heavy (non-hydrogen) atoms. The Morgan fingerprint density at radius 1 is 0.875 bits per heavy atom. The fourth-order valence-electron chi connectivity index (χ4n) is 2.03. The molecule has 0 spiro atoms. The molecule has 1 unspecified atom stereocenters. The minimum atomic E-state index is -1.46. The molecule has 1 fully saturated rings. The van der Waals surface area contributed by atoms with E-state index in [-0.39, 0.29) is 0 Å². The van der Waals surface area contributed by atoms with Crippen LogP contribution in [0.15, 0.2) is 0 Å². The van der Waals surface area contributed by atoms with Crippen molar-refractivity contribution in [1.29, 1.82) is 0 Å². The van der Waals surface area contributed by atoms with Crippen LogP contribution in [-0.2, 0) is 42.9 Å². The van der Waals surface area contributed by atoms with Crippen molar-refractivity contribution in [1.82, 2.24) is 0 Å². The second-order valence-electron chi connectivity index (χ2n) is 4.57. The molecule has 1 rings (SSSR count). The van der Waals surface area contributed by atoms with Crippen molar-refractivity contribution in [3.05, 3.63) is 0 Å². The first kappa shape index (κ1) is 14.6. The Morgan fingerprint density at radius 2 is 1.38 bits per heavy atom. The third kappa shape index (κ3) is 6.08. The number of carbonyl (C=O) groups is 4. The minimum absolute atomic E-state index is 0.482. The molecule has 0 radical (unpaired) electrons. The molecule has 0 amide bonds. The van der Waals surface area contributed by atoms with Gasteiger partial charge < -0.3 is 23.7 Å². The highest BCUT2D eigenvalue weighted by molar-refractivity contribution is 9.09. The Morgan fingerprint density at radius 3 is 1.92 bits per heavy atom. The predicted molar refractivity (Wildman–Crippen MR) is 80.9 cm³/mol. The average Bonchev–Trinajstić information content (AvgIpc) is 2.69. The van der Waals surface area contributed by atoms with Crippen LogP contribution in [0.25, 0.3) is 0 Å². The normalized spacial score (nSPS) is 31.5. The van der Waals surface area contributed by atoms with Crippen LogP contribution in [0.5, 0.6) is 0 Å². The maximum absolute atomic E-state index is 11.7. The fraction of sp³-hybridized carbons (Fsp3) is 0.714. The summed E-state index contributed by atoms with van der Waals surface area (Å²) in [7, 11) is 0. The number of hydrogen-bond donors (Lipinski definition) is 0. The zero-order chi connectivity index (χ0) is 21.3. The van der Waals surface area contributed by atoms with Crippen molar-refractivity contribution >= 4 is 39.8 Å². The lowest BCUT2D eigenvalue weighted by molar-refractivity contribution is -0.236. The summed E-state index contributed by atoms with van der Waals surface area (Å²) < 4.78 is 53.7. The van der Waals surface area contributed by atoms with Gasteiger partial charge in [0.05, 0.1) is 0 Å². The Kier molecular flexibility index (Phi) is 5.48. The number of esters is 4. The average molecular weight is 415 g/mol. The van der Waals surface area contributed by atoms with E-state index < -0.39 is 87.5 Å². The molecule has 1 heterocycles. The Bertz CT molecular complexity index is 579. The smallest absolute Gasteiger partial charge is 0.303 e. The van der Waals surface area contributed by atoms with E-state index in [4.69, 9.17) is 29.2 Å². The molecular weight excluding hydrogens is 392 g/mol. The molecular formula is C14H19BrO9. The molecule has 1 aliphatic heterocycles. The second-order valence-corrected chi connectivity index (χ2v) is 5.47. The summed E-state index contributed by atoms with van der Waals surface area (Å²) in [4.78, 5) is 46.1. The number of halogens is 1. The first-order chi connectivity index (χ1) is 13.3. The molecule has 0 N–H and O–H groups in total. The summed E-state index contributed by atoms with van der Waals surface area (Å²) in [5, 5.41) is -1.10. The summed E-state index contributed by atoms with van der Waals surface area (Å²) in [6.07, 6.45) is -5.43. The van der Waals surface area contributed by atoms with Crippen molar-refractivity contribution in [3.63, 3.8) is 0 Å². The lowest BCUT2D eigenvalue weighted by Crippen LogP contribution is -2.60. The zero-order valence-corrected chi connectivity index (χ0v) is 14.1. The van der Waals surface area contributed by atoms with Crippen LogP contribution in [0.2, 0.25) is 0 Å². The van der Waals surface area contributed by atoms with Crippen LogP contribution in [0.3, 0.4) is 0 Å². The predicted octanol–water partition coefficient (Wildman–Crippen LogP) is 0.464. The molecule has 136 valence electrons. The Labute approximate surface area is 152 Å². The maximum atomic E-state index is 11.7. The highest BCUT2D eigenvalue weighted by atomic mass is 79.9. The third-order valence-corrected chi connectivity index (χ3v) is 3.53. The topological polar surface area (TPSA) is 114 Å². The van der Waals surface area contributed by atoms with Gasteiger partial charge in [-0.05, 0) is 0 Å². The Hall–Kier alpha value is -1.68. The van der Waals surface area contributed by atoms with Crippen molar-refractivity contribution in [2.45, 2.75) is 57.0 Å². The van der Waals surface area contributed by atoms with Gasteiger partial charge >= 0.3 is 23.9 Å². The monoisotopic (exact) mass is 414 g/mol. The molecule has 9 nitrogen and oxygen atoms in total. The van der Waals surface area contributed by atoms with Gasteiger partial charge in [-0.2, -0.15) is 0 Å². The third-order valence-electron chi connectivity index (χ3n) is 2.79. The number of carbonyl (C=O) groups excluding carboxylic acids is 4. The van der Waals surface area contributed by atoms with Gasteiger partial charge in [0.1, 0.15) is 12.7 Å². The first-order valence-electron chi connectivity index (χ1n) is 9.30. The molecule has 5 atom stereocenters. The van der Waals surface area contributed by atoms with Gasteiger partial charge in [-0.25, -0.2) is 0 Å². The van der Waals surface area contributed by atoms with E-state index in [1.165, 1.54) is 0 Å². The molecule has 0 saturated carbocycles. The zero-order valence-electron chi connectivity index (χ0n) is 16.5.